The van der Waals surface area contributed by atoms with E-state index in [0.29, 0.717) is 0 Å². The Labute approximate surface area is 206 Å². The van der Waals surface area contributed by atoms with Crippen molar-refractivity contribution >= 4 is 11.9 Å². The third kappa shape index (κ3) is 4.90. The van der Waals surface area contributed by atoms with Gasteiger partial charge in [-0.3, -0.25) is 19.4 Å². The van der Waals surface area contributed by atoms with Crippen LogP contribution in [0.15, 0.2) is 24.3 Å². The number of rotatable bonds is 6. The maximum Gasteiger partial charge on any atom is 0.311 e. The van der Waals surface area contributed by atoms with Gasteiger partial charge in [0.1, 0.15) is 13.2 Å². The van der Waals surface area contributed by atoms with E-state index >= 15 is 0 Å². The van der Waals surface area contributed by atoms with Crippen LogP contribution in [0.3, 0.4) is 0 Å². The Balaban J connectivity index is 1.52. The van der Waals surface area contributed by atoms with Crippen molar-refractivity contribution < 1.29 is 19.1 Å². The highest BCUT2D eigenvalue weighted by Gasteiger charge is 2.54. The Morgan fingerprint density at radius 2 is 1.00 bits per heavy atom. The molecule has 0 spiro atoms. The maximum atomic E-state index is 12.8. The molecule has 2 atom stereocenters. The topological polar surface area (TPSA) is 59.1 Å². The van der Waals surface area contributed by atoms with Gasteiger partial charge in [-0.1, -0.05) is 24.3 Å². The third-order valence-electron chi connectivity index (χ3n) is 9.01. The van der Waals surface area contributed by atoms with Crippen molar-refractivity contribution in [2.24, 2.45) is 11.8 Å². The molecule has 2 aliphatic heterocycles. The Bertz CT molecular complexity index is 842. The zero-order chi connectivity index (χ0) is 25.7. The van der Waals surface area contributed by atoms with Crippen molar-refractivity contribution in [2.75, 3.05) is 14.1 Å². The summed E-state index contributed by atoms with van der Waals surface area (Å²) in [5.74, 6) is -0.606. The lowest BCUT2D eigenvalue weighted by Crippen LogP contribution is -2.48. The Morgan fingerprint density at radius 1 is 0.706 bits per heavy atom. The summed E-state index contributed by atoms with van der Waals surface area (Å²) in [5.41, 5.74) is 1.29. The molecule has 2 saturated heterocycles. The second-order valence-electron chi connectivity index (χ2n) is 12.6. The molecule has 34 heavy (non-hydrogen) atoms. The van der Waals surface area contributed by atoms with Gasteiger partial charge in [-0.25, -0.2) is 0 Å². The molecule has 1 aromatic rings. The van der Waals surface area contributed by atoms with E-state index in [1.807, 2.05) is 24.3 Å². The molecule has 1 aromatic carbocycles. The van der Waals surface area contributed by atoms with E-state index in [4.69, 9.17) is 9.47 Å². The molecule has 0 amide bonds. The molecule has 0 radical (unpaired) electrons. The molecular formula is C28H44N2O4. The van der Waals surface area contributed by atoms with Gasteiger partial charge >= 0.3 is 11.9 Å². The molecule has 0 saturated carbocycles. The van der Waals surface area contributed by atoms with Crippen LogP contribution in [0.4, 0.5) is 0 Å². The Morgan fingerprint density at radius 3 is 1.24 bits per heavy atom. The standard InChI is InChI=1S/C28H44N2O4/c1-25(2)15-21(27(5,6)29(25)9)23(31)33-17-19-11-13-20(14-12-19)18-34-24(32)22-16-26(3,4)30(10)28(22,7)8/h11-14,21-22H,15-18H2,1-10H3. The molecule has 6 nitrogen and oxygen atoms in total. The molecule has 0 aliphatic carbocycles. The lowest BCUT2D eigenvalue weighted by molar-refractivity contribution is -0.153. The first-order valence-corrected chi connectivity index (χ1v) is 12.4. The minimum absolute atomic E-state index is 0.0366. The molecule has 2 unspecified atom stereocenters. The Hall–Kier alpha value is -1.92. The van der Waals surface area contributed by atoms with Crippen molar-refractivity contribution in [3.05, 3.63) is 35.4 Å². The lowest BCUT2D eigenvalue weighted by Gasteiger charge is -2.37. The van der Waals surface area contributed by atoms with Gasteiger partial charge in [0.2, 0.25) is 0 Å². The Kier molecular flexibility index (Phi) is 7.02. The summed E-state index contributed by atoms with van der Waals surface area (Å²) in [6.45, 7) is 17.6. The van der Waals surface area contributed by atoms with Crippen molar-refractivity contribution in [3.63, 3.8) is 0 Å². The quantitative estimate of drug-likeness (QED) is 0.555. The summed E-state index contributed by atoms with van der Waals surface area (Å²) in [5, 5.41) is 0. The number of ether oxygens (including phenoxy) is 2. The number of hydrogen-bond acceptors (Lipinski definition) is 6. The van der Waals surface area contributed by atoms with Gasteiger partial charge in [0.15, 0.2) is 0 Å². The van der Waals surface area contributed by atoms with Crippen LogP contribution in [0.1, 0.15) is 79.4 Å². The number of benzene rings is 1. The smallest absolute Gasteiger partial charge is 0.311 e. The number of carbonyl (C=O) groups excluding carboxylic acids is 2. The van der Waals surface area contributed by atoms with Gasteiger partial charge in [0, 0.05) is 22.2 Å². The van der Waals surface area contributed by atoms with Crippen LogP contribution >= 0.6 is 0 Å². The number of esters is 2. The van der Waals surface area contributed by atoms with Crippen LogP contribution in [0, 0.1) is 11.8 Å². The largest absolute Gasteiger partial charge is 0.461 e. The number of carbonyl (C=O) groups is 2. The van der Waals surface area contributed by atoms with E-state index in [9.17, 15) is 9.59 Å². The predicted octanol–water partition coefficient (Wildman–Crippen LogP) is 4.79. The van der Waals surface area contributed by atoms with Gasteiger partial charge in [-0.05, 0) is 93.5 Å². The molecule has 2 heterocycles. The second-order valence-corrected chi connectivity index (χ2v) is 12.6. The number of likely N-dealkylation sites (tertiary alicyclic amines) is 2. The zero-order valence-corrected chi connectivity index (χ0v) is 22.8. The summed E-state index contributed by atoms with van der Waals surface area (Å²) in [7, 11) is 4.15. The monoisotopic (exact) mass is 472 g/mol. The summed E-state index contributed by atoms with van der Waals surface area (Å²) in [6.07, 6.45) is 1.56. The fourth-order valence-electron chi connectivity index (χ4n) is 5.79. The molecule has 6 heteroatoms. The fraction of sp³-hybridized carbons (Fsp3) is 0.714. The SMILES string of the molecule is CN1C(C)(C)CC(C(=O)OCc2ccc(COC(=O)C3CC(C)(C)N(C)C3(C)C)cc2)C1(C)C. The minimum Gasteiger partial charge on any atom is -0.461 e. The van der Waals surface area contributed by atoms with Crippen molar-refractivity contribution in [2.45, 2.75) is 104 Å². The number of nitrogens with zero attached hydrogens (tertiary/aromatic N) is 2. The van der Waals surface area contributed by atoms with Crippen molar-refractivity contribution in [3.8, 4) is 0 Å². The molecule has 2 fully saturated rings. The van der Waals surface area contributed by atoms with E-state index in [1.165, 1.54) is 0 Å². The second kappa shape index (κ2) is 8.94. The van der Waals surface area contributed by atoms with E-state index in [1.54, 1.807) is 0 Å². The van der Waals surface area contributed by atoms with E-state index in [2.05, 4.69) is 79.3 Å². The number of hydrogen-bond donors (Lipinski definition) is 0. The van der Waals surface area contributed by atoms with Crippen molar-refractivity contribution in [1.82, 2.24) is 9.80 Å². The molecule has 190 valence electrons. The van der Waals surface area contributed by atoms with Crippen LogP contribution < -0.4 is 0 Å². The molecule has 3 rings (SSSR count). The van der Waals surface area contributed by atoms with E-state index < -0.39 is 0 Å². The highest BCUT2D eigenvalue weighted by molar-refractivity contribution is 5.75. The average Bonchev–Trinajstić information content (AvgIpc) is 3.03. The van der Waals surface area contributed by atoms with Crippen LogP contribution in [0.25, 0.3) is 0 Å². The van der Waals surface area contributed by atoms with E-state index in [0.717, 1.165) is 24.0 Å². The van der Waals surface area contributed by atoms with Gasteiger partial charge in [-0.2, -0.15) is 0 Å². The van der Waals surface area contributed by atoms with Gasteiger partial charge in [0.05, 0.1) is 11.8 Å². The summed E-state index contributed by atoms with van der Waals surface area (Å²) in [4.78, 5) is 30.2. The summed E-state index contributed by atoms with van der Waals surface area (Å²) < 4.78 is 11.4. The van der Waals surface area contributed by atoms with Gasteiger partial charge in [-0.15, -0.1) is 0 Å². The van der Waals surface area contributed by atoms with Crippen LogP contribution in [0.5, 0.6) is 0 Å². The molecule has 0 N–H and O–H groups in total. The van der Waals surface area contributed by atoms with Crippen LogP contribution in [0.2, 0.25) is 0 Å². The van der Waals surface area contributed by atoms with Gasteiger partial charge in [0.25, 0.3) is 0 Å². The van der Waals surface area contributed by atoms with Gasteiger partial charge < -0.3 is 9.47 Å². The molecule has 0 aromatic heterocycles. The fourth-order valence-corrected chi connectivity index (χ4v) is 5.79. The summed E-state index contributed by atoms with van der Waals surface area (Å²) >= 11 is 0. The maximum absolute atomic E-state index is 12.8. The van der Waals surface area contributed by atoms with Crippen LogP contribution in [-0.4, -0.2) is 58.0 Å². The highest BCUT2D eigenvalue weighted by atomic mass is 16.5. The minimum atomic E-state index is -0.244. The first-order valence-electron chi connectivity index (χ1n) is 12.4. The van der Waals surface area contributed by atoms with E-state index in [-0.39, 0.29) is 59.1 Å². The summed E-state index contributed by atoms with van der Waals surface area (Å²) in [6, 6.07) is 7.73. The molecule has 0 bridgehead atoms. The highest BCUT2D eigenvalue weighted by Crippen LogP contribution is 2.45. The molecule has 2 aliphatic rings. The van der Waals surface area contributed by atoms with Crippen LogP contribution in [-0.2, 0) is 32.3 Å². The third-order valence-corrected chi connectivity index (χ3v) is 9.01. The molecular weight excluding hydrogens is 428 g/mol. The normalized spacial score (nSPS) is 27.5. The first kappa shape index (κ1) is 26.7. The first-order chi connectivity index (χ1) is 15.5. The zero-order valence-electron chi connectivity index (χ0n) is 22.8. The van der Waals surface area contributed by atoms with Crippen molar-refractivity contribution in [1.29, 1.82) is 0 Å². The predicted molar refractivity (Wildman–Crippen MR) is 134 cm³/mol. The average molecular weight is 473 g/mol. The lowest BCUT2D eigenvalue weighted by atomic mass is 9.87.